The Bertz CT molecular complexity index is 1220. The maximum Gasteiger partial charge on any atom is 0.279 e. The van der Waals surface area contributed by atoms with E-state index in [9.17, 15) is 14.4 Å². The maximum atomic E-state index is 12.6. The Labute approximate surface area is 190 Å². The molecular formula is C24H28N4O3S. The van der Waals surface area contributed by atoms with E-state index in [1.54, 1.807) is 22.9 Å². The van der Waals surface area contributed by atoms with Gasteiger partial charge in [0.1, 0.15) is 0 Å². The average Bonchev–Trinajstić information content (AvgIpc) is 3.20. The van der Waals surface area contributed by atoms with E-state index in [0.717, 1.165) is 19.3 Å². The first-order chi connectivity index (χ1) is 15.2. The number of hydrogen-bond donors (Lipinski definition) is 2. The number of aromatic nitrogens is 2. The molecular weight excluding hydrogens is 424 g/mol. The van der Waals surface area contributed by atoms with E-state index in [4.69, 9.17) is 0 Å². The number of rotatable bonds is 4. The molecule has 0 saturated heterocycles. The molecule has 2 heterocycles. The lowest BCUT2D eigenvalue weighted by atomic mass is 9.72. The fourth-order valence-electron chi connectivity index (χ4n) is 4.17. The highest BCUT2D eigenvalue weighted by Gasteiger charge is 2.30. The number of carbonyl (C=O) groups is 2. The molecule has 1 atom stereocenters. The number of para-hydroxylation sites is 1. The van der Waals surface area contributed by atoms with Gasteiger partial charge >= 0.3 is 0 Å². The summed E-state index contributed by atoms with van der Waals surface area (Å²) < 4.78 is 1.62. The molecule has 32 heavy (non-hydrogen) atoms. The lowest BCUT2D eigenvalue weighted by Crippen LogP contribution is -2.41. The molecule has 2 amide bonds. The van der Waals surface area contributed by atoms with Crippen LogP contribution in [-0.4, -0.2) is 21.6 Å². The van der Waals surface area contributed by atoms with Crippen LogP contribution in [-0.2, 0) is 24.2 Å². The molecule has 2 N–H and O–H groups in total. The number of benzene rings is 1. The summed E-state index contributed by atoms with van der Waals surface area (Å²) in [6.07, 6.45) is 4.51. The molecule has 0 radical (unpaired) electrons. The van der Waals surface area contributed by atoms with E-state index >= 15 is 0 Å². The molecule has 0 saturated carbocycles. The Hall–Kier alpha value is -3.00. The van der Waals surface area contributed by atoms with Crippen LogP contribution in [0.25, 0.3) is 10.9 Å². The zero-order chi connectivity index (χ0) is 22.9. The number of amides is 2. The van der Waals surface area contributed by atoms with Crippen molar-refractivity contribution in [1.29, 1.82) is 0 Å². The summed E-state index contributed by atoms with van der Waals surface area (Å²) in [5, 5.41) is 4.68. The van der Waals surface area contributed by atoms with Crippen molar-refractivity contribution in [2.45, 2.75) is 53.0 Å². The van der Waals surface area contributed by atoms with E-state index < -0.39 is 0 Å². The third-order valence-corrected chi connectivity index (χ3v) is 7.40. The van der Waals surface area contributed by atoms with E-state index in [-0.39, 0.29) is 29.1 Å². The molecule has 2 aromatic heterocycles. The second kappa shape index (κ2) is 8.86. The van der Waals surface area contributed by atoms with Crippen LogP contribution < -0.4 is 16.3 Å². The van der Waals surface area contributed by atoms with Gasteiger partial charge in [0.2, 0.25) is 11.3 Å². The average molecular weight is 453 g/mol. The quantitative estimate of drug-likeness (QED) is 0.593. The number of nitrogens with one attached hydrogen (secondary N) is 2. The van der Waals surface area contributed by atoms with Gasteiger partial charge in [0.25, 0.3) is 5.91 Å². The molecule has 1 aliphatic carbocycles. The van der Waals surface area contributed by atoms with Crippen LogP contribution >= 0.6 is 11.3 Å². The monoisotopic (exact) mass is 452 g/mol. The van der Waals surface area contributed by atoms with Crippen molar-refractivity contribution in [3.63, 3.8) is 0 Å². The van der Waals surface area contributed by atoms with Gasteiger partial charge in [-0.25, -0.2) is 0 Å². The second-order valence-electron chi connectivity index (χ2n) is 9.37. The SMILES string of the molecule is CC(C)(C)C1CCc2sc(C(=O)NNC(=O)CCn3ncc(=O)c4ccccc43)cc2C1. The number of thiophene rings is 1. The Morgan fingerprint density at radius 2 is 2.00 bits per heavy atom. The van der Waals surface area contributed by atoms with Crippen LogP contribution in [0.2, 0.25) is 0 Å². The van der Waals surface area contributed by atoms with Gasteiger partial charge in [0.15, 0.2) is 0 Å². The summed E-state index contributed by atoms with van der Waals surface area (Å²) in [5.74, 6) is -0.00729. The van der Waals surface area contributed by atoms with Crippen LogP contribution in [0, 0.1) is 11.3 Å². The molecule has 1 aliphatic rings. The van der Waals surface area contributed by atoms with Crippen molar-refractivity contribution in [2.24, 2.45) is 11.3 Å². The molecule has 1 aromatic carbocycles. The summed E-state index contributed by atoms with van der Waals surface area (Å²) in [4.78, 5) is 38.7. The summed E-state index contributed by atoms with van der Waals surface area (Å²) in [6.45, 7) is 7.10. The molecule has 8 heteroatoms. The Kier molecular flexibility index (Phi) is 6.15. The molecule has 1 unspecified atom stereocenters. The topological polar surface area (TPSA) is 93.1 Å². The van der Waals surface area contributed by atoms with Crippen LogP contribution in [0.5, 0.6) is 0 Å². The van der Waals surface area contributed by atoms with Crippen molar-refractivity contribution in [1.82, 2.24) is 20.6 Å². The predicted molar refractivity (Wildman–Crippen MR) is 126 cm³/mol. The van der Waals surface area contributed by atoms with E-state index in [2.05, 4.69) is 36.7 Å². The van der Waals surface area contributed by atoms with Gasteiger partial charge in [-0.2, -0.15) is 5.10 Å². The fraction of sp³-hybridized carbons (Fsp3) is 0.417. The van der Waals surface area contributed by atoms with Crippen LogP contribution in [0.15, 0.2) is 41.3 Å². The highest BCUT2D eigenvalue weighted by Crippen LogP contribution is 2.40. The van der Waals surface area contributed by atoms with Crippen LogP contribution in [0.4, 0.5) is 0 Å². The minimum atomic E-state index is -0.322. The normalized spacial score (nSPS) is 15.9. The standard InChI is InChI=1S/C24H28N4O3S/c1-24(2,3)16-8-9-20-15(12-16)13-21(32-20)23(31)27-26-22(30)10-11-28-18-7-5-4-6-17(18)19(29)14-25-28/h4-7,13-14,16H,8-12H2,1-3H3,(H,26,30)(H,27,31). The molecule has 0 fully saturated rings. The summed E-state index contributed by atoms with van der Waals surface area (Å²) in [5.41, 5.74) is 7.05. The molecule has 0 aliphatic heterocycles. The first-order valence-corrected chi connectivity index (χ1v) is 11.7. The van der Waals surface area contributed by atoms with Crippen molar-refractivity contribution in [2.75, 3.05) is 0 Å². The second-order valence-corrected chi connectivity index (χ2v) is 10.5. The Morgan fingerprint density at radius 3 is 2.78 bits per heavy atom. The fourth-order valence-corrected chi connectivity index (χ4v) is 5.28. The lowest BCUT2D eigenvalue weighted by Gasteiger charge is -2.33. The van der Waals surface area contributed by atoms with Gasteiger partial charge in [0.05, 0.1) is 23.1 Å². The highest BCUT2D eigenvalue weighted by atomic mass is 32.1. The Morgan fingerprint density at radius 1 is 1.22 bits per heavy atom. The zero-order valence-electron chi connectivity index (χ0n) is 18.6. The lowest BCUT2D eigenvalue weighted by molar-refractivity contribution is -0.122. The van der Waals surface area contributed by atoms with Crippen molar-refractivity contribution >= 4 is 34.1 Å². The van der Waals surface area contributed by atoms with Crippen molar-refractivity contribution < 1.29 is 9.59 Å². The largest absolute Gasteiger partial charge is 0.287 e. The molecule has 3 aromatic rings. The van der Waals surface area contributed by atoms with Crippen molar-refractivity contribution in [3.05, 3.63) is 62.1 Å². The number of fused-ring (bicyclic) bond motifs is 2. The number of nitrogens with zero attached hydrogens (tertiary/aromatic N) is 2. The van der Waals surface area contributed by atoms with Gasteiger partial charge in [-0.1, -0.05) is 32.9 Å². The van der Waals surface area contributed by atoms with Gasteiger partial charge in [-0.3, -0.25) is 29.9 Å². The third kappa shape index (κ3) is 4.75. The maximum absolute atomic E-state index is 12.6. The smallest absolute Gasteiger partial charge is 0.279 e. The predicted octanol–water partition coefficient (Wildman–Crippen LogP) is 3.46. The number of aryl methyl sites for hydroxylation is 2. The van der Waals surface area contributed by atoms with E-state index in [1.807, 2.05) is 12.1 Å². The summed E-state index contributed by atoms with van der Waals surface area (Å²) in [7, 11) is 0. The van der Waals surface area contributed by atoms with Gasteiger partial charge < -0.3 is 0 Å². The first-order valence-electron chi connectivity index (χ1n) is 10.9. The molecule has 0 spiro atoms. The molecule has 168 valence electrons. The summed E-state index contributed by atoms with van der Waals surface area (Å²) >= 11 is 1.51. The minimum Gasteiger partial charge on any atom is -0.287 e. The molecule has 0 bridgehead atoms. The number of hydrogen-bond acceptors (Lipinski definition) is 5. The highest BCUT2D eigenvalue weighted by molar-refractivity contribution is 7.14. The number of carbonyl (C=O) groups excluding carboxylic acids is 2. The number of hydrazine groups is 1. The van der Waals surface area contributed by atoms with Crippen LogP contribution in [0.1, 0.15) is 53.7 Å². The van der Waals surface area contributed by atoms with Gasteiger partial charge in [0, 0.05) is 16.7 Å². The summed E-state index contributed by atoms with van der Waals surface area (Å²) in [6, 6.07) is 9.12. The molecule has 7 nitrogen and oxygen atoms in total. The van der Waals surface area contributed by atoms with Crippen LogP contribution in [0.3, 0.4) is 0 Å². The first kappa shape index (κ1) is 22.2. The van der Waals surface area contributed by atoms with Gasteiger partial charge in [-0.05, 0) is 54.4 Å². The minimum absolute atomic E-state index is 0.119. The van der Waals surface area contributed by atoms with E-state index in [1.165, 1.54) is 28.0 Å². The zero-order valence-corrected chi connectivity index (χ0v) is 19.4. The van der Waals surface area contributed by atoms with Crippen molar-refractivity contribution in [3.8, 4) is 0 Å². The van der Waals surface area contributed by atoms with E-state index in [0.29, 0.717) is 28.2 Å². The molecule has 4 rings (SSSR count). The Balaban J connectivity index is 1.33. The third-order valence-electron chi connectivity index (χ3n) is 6.16. The van der Waals surface area contributed by atoms with Gasteiger partial charge in [-0.15, -0.1) is 11.3 Å².